The Kier molecular flexibility index (Phi) is 4.90. The normalized spacial score (nSPS) is 14.4. The van der Waals surface area contributed by atoms with Crippen molar-refractivity contribution in [2.75, 3.05) is 18.5 Å². The summed E-state index contributed by atoms with van der Waals surface area (Å²) in [5.74, 6) is -0.392. The molecule has 0 aliphatic carbocycles. The maximum absolute atomic E-state index is 11.9. The van der Waals surface area contributed by atoms with Gasteiger partial charge in [0.1, 0.15) is 13.2 Å². The van der Waals surface area contributed by atoms with Gasteiger partial charge in [0.15, 0.2) is 11.5 Å². The monoisotopic (exact) mass is 313 g/mol. The summed E-state index contributed by atoms with van der Waals surface area (Å²) < 4.78 is 10.8. The van der Waals surface area contributed by atoms with E-state index in [2.05, 4.69) is 5.32 Å². The molecule has 0 radical (unpaired) electrons. The van der Waals surface area contributed by atoms with Gasteiger partial charge >= 0.3 is 5.97 Å². The topological polar surface area (TPSA) is 84.9 Å². The molecule has 2 N–H and O–H groups in total. The molecule has 1 atom stereocenters. The number of nitrogens with one attached hydrogen (secondary N) is 1. The van der Waals surface area contributed by atoms with Crippen molar-refractivity contribution in [1.82, 2.24) is 0 Å². The first-order chi connectivity index (χ1) is 9.95. The molecule has 0 fully saturated rings. The zero-order valence-electron chi connectivity index (χ0n) is 11.5. The predicted molar refractivity (Wildman–Crippen MR) is 77.1 cm³/mol. The molecule has 1 amide bonds. The van der Waals surface area contributed by atoms with Crippen LogP contribution in [-0.2, 0) is 9.59 Å². The molecular formula is C14H16ClNO5. The smallest absolute Gasteiger partial charge is 0.303 e. The van der Waals surface area contributed by atoms with E-state index in [1.54, 1.807) is 19.1 Å². The Morgan fingerprint density at radius 2 is 1.90 bits per heavy atom. The number of hydrogen-bond acceptors (Lipinski definition) is 4. The maximum Gasteiger partial charge on any atom is 0.303 e. The molecule has 0 spiro atoms. The molecule has 1 aromatic carbocycles. The van der Waals surface area contributed by atoms with E-state index in [1.165, 1.54) is 0 Å². The fourth-order valence-corrected chi connectivity index (χ4v) is 2.25. The van der Waals surface area contributed by atoms with Crippen LogP contribution in [0.5, 0.6) is 11.5 Å². The number of benzene rings is 1. The van der Waals surface area contributed by atoms with Crippen LogP contribution in [0, 0.1) is 5.92 Å². The number of hydrogen-bond donors (Lipinski definition) is 2. The second-order valence-electron chi connectivity index (χ2n) is 4.93. The second-order valence-corrected chi connectivity index (χ2v) is 5.34. The van der Waals surface area contributed by atoms with Crippen LogP contribution in [0.2, 0.25) is 5.02 Å². The summed E-state index contributed by atoms with van der Waals surface area (Å²) in [7, 11) is 0. The van der Waals surface area contributed by atoms with Crippen molar-refractivity contribution in [3.8, 4) is 11.5 Å². The first-order valence-corrected chi connectivity index (χ1v) is 6.94. The highest BCUT2D eigenvalue weighted by atomic mass is 35.5. The van der Waals surface area contributed by atoms with Gasteiger partial charge in [-0.3, -0.25) is 9.59 Å². The summed E-state index contributed by atoms with van der Waals surface area (Å²) in [6, 6.07) is 3.20. The number of anilines is 1. The van der Waals surface area contributed by atoms with E-state index in [1.807, 2.05) is 0 Å². The third-order valence-corrected chi connectivity index (χ3v) is 3.28. The molecule has 6 nitrogen and oxygen atoms in total. The first-order valence-electron chi connectivity index (χ1n) is 6.56. The van der Waals surface area contributed by atoms with Gasteiger partial charge in [0, 0.05) is 25.0 Å². The Morgan fingerprint density at radius 3 is 2.52 bits per heavy atom. The zero-order chi connectivity index (χ0) is 15.4. The molecule has 1 heterocycles. The third kappa shape index (κ3) is 4.26. The Bertz CT molecular complexity index is 561. The summed E-state index contributed by atoms with van der Waals surface area (Å²) in [6.45, 7) is 2.61. The van der Waals surface area contributed by atoms with Crippen LogP contribution in [-0.4, -0.2) is 30.2 Å². The Hall–Kier alpha value is -1.95. The fourth-order valence-electron chi connectivity index (χ4n) is 2.05. The number of carbonyl (C=O) groups excluding carboxylic acids is 1. The lowest BCUT2D eigenvalue weighted by Gasteiger charge is -2.20. The number of aliphatic carboxylic acids is 1. The van der Waals surface area contributed by atoms with Crippen LogP contribution in [0.4, 0.5) is 5.69 Å². The van der Waals surface area contributed by atoms with Crippen molar-refractivity contribution in [3.63, 3.8) is 0 Å². The van der Waals surface area contributed by atoms with Crippen LogP contribution in [0.1, 0.15) is 19.8 Å². The van der Waals surface area contributed by atoms with E-state index in [0.29, 0.717) is 35.4 Å². The zero-order valence-corrected chi connectivity index (χ0v) is 12.3. The molecule has 0 bridgehead atoms. The van der Waals surface area contributed by atoms with Gasteiger partial charge in [-0.1, -0.05) is 18.5 Å². The standard InChI is InChI=1S/C14H16ClNO5/c1-8(5-14(18)19)4-13(17)16-10-7-12-11(6-9(10)15)20-2-3-21-12/h6-8H,2-5H2,1H3,(H,16,17)(H,18,19). The molecule has 1 aliphatic heterocycles. The molecule has 0 saturated carbocycles. The van der Waals surface area contributed by atoms with Gasteiger partial charge in [-0.2, -0.15) is 0 Å². The molecule has 2 rings (SSSR count). The van der Waals surface area contributed by atoms with Gasteiger partial charge in [-0.15, -0.1) is 0 Å². The number of carboxylic acid groups (broad SMARTS) is 1. The summed E-state index contributed by atoms with van der Waals surface area (Å²) >= 11 is 6.08. The van der Waals surface area contributed by atoms with Crippen molar-refractivity contribution >= 4 is 29.2 Å². The van der Waals surface area contributed by atoms with Crippen LogP contribution < -0.4 is 14.8 Å². The molecule has 1 unspecified atom stereocenters. The number of rotatable bonds is 5. The van der Waals surface area contributed by atoms with Crippen LogP contribution in [0.25, 0.3) is 0 Å². The minimum absolute atomic E-state index is 0.0533. The van der Waals surface area contributed by atoms with E-state index < -0.39 is 5.97 Å². The molecule has 21 heavy (non-hydrogen) atoms. The first kappa shape index (κ1) is 15.4. The lowest BCUT2D eigenvalue weighted by Crippen LogP contribution is -2.18. The highest BCUT2D eigenvalue weighted by Gasteiger charge is 2.18. The molecule has 0 aromatic heterocycles. The average molecular weight is 314 g/mol. The minimum atomic E-state index is -0.923. The highest BCUT2D eigenvalue weighted by Crippen LogP contribution is 2.38. The second kappa shape index (κ2) is 6.67. The number of carboxylic acids is 1. The van der Waals surface area contributed by atoms with E-state index in [0.717, 1.165) is 0 Å². The summed E-state index contributed by atoms with van der Waals surface area (Å²) in [5.41, 5.74) is 0.424. The molecule has 7 heteroatoms. The lowest BCUT2D eigenvalue weighted by atomic mass is 10.0. The van der Waals surface area contributed by atoms with Gasteiger partial charge in [0.25, 0.3) is 0 Å². The van der Waals surface area contributed by atoms with E-state index in [9.17, 15) is 9.59 Å². The Balaban J connectivity index is 2.02. The molecule has 1 aliphatic rings. The SMILES string of the molecule is CC(CC(=O)O)CC(=O)Nc1cc2c(cc1Cl)OCCO2. The number of ether oxygens (including phenoxy) is 2. The predicted octanol–water partition coefficient (Wildman–Crippen LogP) is 2.55. The van der Waals surface area contributed by atoms with Crippen molar-refractivity contribution in [2.24, 2.45) is 5.92 Å². The van der Waals surface area contributed by atoms with Gasteiger partial charge in [-0.05, 0) is 5.92 Å². The van der Waals surface area contributed by atoms with Gasteiger partial charge in [0.2, 0.25) is 5.91 Å². The Morgan fingerprint density at radius 1 is 1.29 bits per heavy atom. The summed E-state index contributed by atoms with van der Waals surface area (Å²) in [5, 5.41) is 11.7. The van der Waals surface area contributed by atoms with E-state index >= 15 is 0 Å². The Labute approximate surface area is 127 Å². The van der Waals surface area contributed by atoms with Crippen molar-refractivity contribution < 1.29 is 24.2 Å². The van der Waals surface area contributed by atoms with Crippen LogP contribution >= 0.6 is 11.6 Å². The van der Waals surface area contributed by atoms with E-state index in [4.69, 9.17) is 26.2 Å². The maximum atomic E-state index is 11.9. The van der Waals surface area contributed by atoms with E-state index in [-0.39, 0.29) is 24.7 Å². The molecular weight excluding hydrogens is 298 g/mol. The number of carbonyl (C=O) groups is 2. The summed E-state index contributed by atoms with van der Waals surface area (Å²) in [6.07, 6.45) is 0.0549. The van der Waals surface area contributed by atoms with Gasteiger partial charge in [-0.25, -0.2) is 0 Å². The molecule has 0 saturated heterocycles. The number of fused-ring (bicyclic) bond motifs is 1. The summed E-state index contributed by atoms with van der Waals surface area (Å²) in [4.78, 5) is 22.5. The largest absolute Gasteiger partial charge is 0.486 e. The average Bonchev–Trinajstić information content (AvgIpc) is 2.38. The van der Waals surface area contributed by atoms with Crippen LogP contribution in [0.15, 0.2) is 12.1 Å². The molecule has 1 aromatic rings. The van der Waals surface area contributed by atoms with Crippen molar-refractivity contribution in [2.45, 2.75) is 19.8 Å². The quantitative estimate of drug-likeness (QED) is 0.872. The minimum Gasteiger partial charge on any atom is -0.486 e. The fraction of sp³-hybridized carbons (Fsp3) is 0.429. The lowest BCUT2D eigenvalue weighted by molar-refractivity contribution is -0.138. The highest BCUT2D eigenvalue weighted by molar-refractivity contribution is 6.34. The third-order valence-electron chi connectivity index (χ3n) is 2.96. The number of halogens is 1. The molecule has 114 valence electrons. The van der Waals surface area contributed by atoms with Gasteiger partial charge < -0.3 is 19.9 Å². The number of amides is 1. The van der Waals surface area contributed by atoms with Crippen molar-refractivity contribution in [1.29, 1.82) is 0 Å². The van der Waals surface area contributed by atoms with Gasteiger partial charge in [0.05, 0.1) is 10.7 Å². The van der Waals surface area contributed by atoms with Crippen LogP contribution in [0.3, 0.4) is 0 Å². The van der Waals surface area contributed by atoms with Crippen molar-refractivity contribution in [3.05, 3.63) is 17.2 Å².